The minimum Gasteiger partial charge on any atom is -0.336 e. The molecule has 1 aliphatic heterocycles. The van der Waals surface area contributed by atoms with Crippen LogP contribution >= 0.6 is 11.9 Å². The molecule has 1 fully saturated rings. The molecule has 5 heteroatoms. The van der Waals surface area contributed by atoms with Crippen molar-refractivity contribution in [2.45, 2.75) is 37.5 Å². The number of aryl methyl sites for hydroxylation is 1. The highest BCUT2D eigenvalue weighted by Crippen LogP contribution is 2.25. The fraction of sp³-hybridized carbons (Fsp3) is 0.350. The van der Waals surface area contributed by atoms with E-state index in [1.807, 2.05) is 24.3 Å². The number of unbranched alkanes of at least 4 members (excludes halogenated alkanes) is 2. The minimum atomic E-state index is -0.0162. The molecule has 2 N–H and O–H groups in total. The molecule has 0 saturated carbocycles. The maximum Gasteiger partial charge on any atom is 0.321 e. The number of rotatable bonds is 8. The summed E-state index contributed by atoms with van der Waals surface area (Å²) in [7, 11) is 0. The Morgan fingerprint density at radius 3 is 2.48 bits per heavy atom. The predicted molar refractivity (Wildman–Crippen MR) is 106 cm³/mol. The smallest absolute Gasteiger partial charge is 0.321 e. The van der Waals surface area contributed by atoms with Gasteiger partial charge in [0.05, 0.1) is 0 Å². The Hall–Kier alpha value is -2.14. The van der Waals surface area contributed by atoms with Gasteiger partial charge in [0.25, 0.3) is 0 Å². The molecule has 1 aliphatic rings. The number of nitrogens with one attached hydrogen (secondary N) is 2. The van der Waals surface area contributed by atoms with Gasteiger partial charge in [-0.15, -0.1) is 0 Å². The molecule has 132 valence electrons. The number of urea groups is 1. The van der Waals surface area contributed by atoms with E-state index in [4.69, 9.17) is 0 Å². The van der Waals surface area contributed by atoms with Gasteiger partial charge in [0.15, 0.2) is 0 Å². The molecule has 0 aromatic heterocycles. The quantitative estimate of drug-likeness (QED) is 0.513. The third kappa shape index (κ3) is 4.92. The van der Waals surface area contributed by atoms with Crippen LogP contribution in [-0.4, -0.2) is 19.1 Å². The molecule has 2 aromatic rings. The molecule has 2 amide bonds. The monoisotopic (exact) mass is 355 g/mol. The van der Waals surface area contributed by atoms with E-state index in [-0.39, 0.29) is 6.03 Å². The summed E-state index contributed by atoms with van der Waals surface area (Å²) in [6.07, 6.45) is 4.98. The summed E-state index contributed by atoms with van der Waals surface area (Å²) in [4.78, 5) is 14.6. The number of carbonyl (C=O) groups excluding carboxylic acids is 1. The van der Waals surface area contributed by atoms with Crippen molar-refractivity contribution in [1.29, 1.82) is 0 Å². The van der Waals surface area contributed by atoms with Crippen molar-refractivity contribution in [3.63, 3.8) is 0 Å². The summed E-state index contributed by atoms with van der Waals surface area (Å²) in [5.74, 6) is 0. The third-order valence-electron chi connectivity index (χ3n) is 4.31. The third-order valence-corrected chi connectivity index (χ3v) is 5.16. The van der Waals surface area contributed by atoms with E-state index in [9.17, 15) is 4.79 Å². The zero-order valence-corrected chi connectivity index (χ0v) is 15.4. The first kappa shape index (κ1) is 17.7. The molecule has 3 rings (SSSR count). The van der Waals surface area contributed by atoms with Crippen molar-refractivity contribution in [3.05, 3.63) is 54.1 Å². The van der Waals surface area contributed by atoms with Crippen LogP contribution < -0.4 is 14.9 Å². The minimum absolute atomic E-state index is 0.0162. The van der Waals surface area contributed by atoms with Gasteiger partial charge in [-0.05, 0) is 66.8 Å². The first-order valence-electron chi connectivity index (χ1n) is 8.93. The molecule has 1 heterocycles. The summed E-state index contributed by atoms with van der Waals surface area (Å²) >= 11 is 1.58. The van der Waals surface area contributed by atoms with Crippen LogP contribution in [-0.2, 0) is 6.42 Å². The van der Waals surface area contributed by atoms with Crippen molar-refractivity contribution in [1.82, 2.24) is 5.32 Å². The first-order valence-corrected chi connectivity index (χ1v) is 9.75. The summed E-state index contributed by atoms with van der Waals surface area (Å²) in [6.45, 7) is 3.68. The number of anilines is 2. The van der Waals surface area contributed by atoms with E-state index in [1.54, 1.807) is 16.8 Å². The van der Waals surface area contributed by atoms with E-state index in [0.717, 1.165) is 29.2 Å². The Labute approximate surface area is 154 Å². The van der Waals surface area contributed by atoms with Crippen LogP contribution in [0.15, 0.2) is 53.4 Å². The SMILES string of the molecule is CCCCCc1ccc(NSc2ccc(N3CCNC3=O)cc2)cc1. The van der Waals surface area contributed by atoms with Crippen molar-refractivity contribution in [2.24, 2.45) is 0 Å². The van der Waals surface area contributed by atoms with E-state index in [2.05, 4.69) is 41.2 Å². The highest BCUT2D eigenvalue weighted by atomic mass is 32.2. The summed E-state index contributed by atoms with van der Waals surface area (Å²) in [5, 5.41) is 2.82. The van der Waals surface area contributed by atoms with Gasteiger partial charge in [0, 0.05) is 29.4 Å². The lowest BCUT2D eigenvalue weighted by Crippen LogP contribution is -2.27. The summed E-state index contributed by atoms with van der Waals surface area (Å²) in [5.41, 5.74) is 3.44. The zero-order valence-electron chi connectivity index (χ0n) is 14.6. The average molecular weight is 356 g/mol. The summed E-state index contributed by atoms with van der Waals surface area (Å²) in [6, 6.07) is 16.7. The highest BCUT2D eigenvalue weighted by Gasteiger charge is 2.20. The maximum atomic E-state index is 11.7. The number of carbonyl (C=O) groups is 1. The van der Waals surface area contributed by atoms with Gasteiger partial charge in [-0.3, -0.25) is 4.90 Å². The highest BCUT2D eigenvalue weighted by molar-refractivity contribution is 8.00. The van der Waals surface area contributed by atoms with Gasteiger partial charge in [-0.2, -0.15) is 0 Å². The molecular formula is C20H25N3OS. The molecule has 0 spiro atoms. The summed E-state index contributed by atoms with van der Waals surface area (Å²) < 4.78 is 3.38. The molecule has 4 nitrogen and oxygen atoms in total. The second-order valence-electron chi connectivity index (χ2n) is 6.24. The van der Waals surface area contributed by atoms with E-state index in [0.29, 0.717) is 6.54 Å². The van der Waals surface area contributed by atoms with Crippen LogP contribution in [0.5, 0.6) is 0 Å². The van der Waals surface area contributed by atoms with E-state index < -0.39 is 0 Å². The average Bonchev–Trinajstić information content (AvgIpc) is 3.08. The van der Waals surface area contributed by atoms with Crippen molar-refractivity contribution in [3.8, 4) is 0 Å². The second kappa shape index (κ2) is 8.81. The van der Waals surface area contributed by atoms with Crippen molar-refractivity contribution in [2.75, 3.05) is 22.7 Å². The Bertz CT molecular complexity index is 685. The van der Waals surface area contributed by atoms with Crippen LogP contribution in [0.1, 0.15) is 31.7 Å². The second-order valence-corrected chi connectivity index (χ2v) is 7.12. The molecule has 0 aliphatic carbocycles. The van der Waals surface area contributed by atoms with Crippen molar-refractivity contribution >= 4 is 29.4 Å². The van der Waals surface area contributed by atoms with Gasteiger partial charge < -0.3 is 10.0 Å². The lowest BCUT2D eigenvalue weighted by atomic mass is 10.1. The topological polar surface area (TPSA) is 44.4 Å². The molecule has 0 bridgehead atoms. The van der Waals surface area contributed by atoms with E-state index >= 15 is 0 Å². The lowest BCUT2D eigenvalue weighted by molar-refractivity contribution is 0.252. The van der Waals surface area contributed by atoms with Crippen LogP contribution in [0.25, 0.3) is 0 Å². The van der Waals surface area contributed by atoms with Gasteiger partial charge >= 0.3 is 6.03 Å². The number of nitrogens with zero attached hydrogens (tertiary/aromatic N) is 1. The predicted octanol–water partition coefficient (Wildman–Crippen LogP) is 5.07. The number of amides is 2. The normalized spacial score (nSPS) is 13.8. The molecular weight excluding hydrogens is 330 g/mol. The fourth-order valence-electron chi connectivity index (χ4n) is 2.85. The van der Waals surface area contributed by atoms with E-state index in [1.165, 1.54) is 24.8 Å². The van der Waals surface area contributed by atoms with Crippen LogP contribution in [0.3, 0.4) is 0 Å². The molecule has 0 unspecified atom stereocenters. The Kier molecular flexibility index (Phi) is 6.23. The number of hydrogen-bond acceptors (Lipinski definition) is 3. The Morgan fingerprint density at radius 1 is 1.08 bits per heavy atom. The van der Waals surface area contributed by atoms with Crippen molar-refractivity contribution < 1.29 is 4.79 Å². The standard InChI is InChI=1S/C20H25N3OS/c1-2-3-4-5-16-6-8-17(9-7-16)22-25-19-12-10-18(11-13-19)23-15-14-21-20(23)24/h6-13,22H,2-5,14-15H2,1H3,(H,21,24). The van der Waals surface area contributed by atoms with Crippen LogP contribution in [0.4, 0.5) is 16.2 Å². The largest absolute Gasteiger partial charge is 0.336 e. The molecule has 2 aromatic carbocycles. The van der Waals surface area contributed by atoms with Crippen LogP contribution in [0.2, 0.25) is 0 Å². The zero-order chi connectivity index (χ0) is 17.5. The molecule has 1 saturated heterocycles. The first-order chi connectivity index (χ1) is 12.3. The Morgan fingerprint density at radius 2 is 1.84 bits per heavy atom. The lowest BCUT2D eigenvalue weighted by Gasteiger charge is -2.14. The molecule has 0 atom stereocenters. The van der Waals surface area contributed by atoms with Gasteiger partial charge in [-0.1, -0.05) is 31.9 Å². The maximum absolute atomic E-state index is 11.7. The van der Waals surface area contributed by atoms with Gasteiger partial charge in [0.2, 0.25) is 0 Å². The Balaban J connectivity index is 1.50. The van der Waals surface area contributed by atoms with Gasteiger partial charge in [0.1, 0.15) is 0 Å². The van der Waals surface area contributed by atoms with Gasteiger partial charge in [-0.25, -0.2) is 4.79 Å². The number of benzene rings is 2. The molecule has 25 heavy (non-hydrogen) atoms. The number of hydrogen-bond donors (Lipinski definition) is 2. The van der Waals surface area contributed by atoms with Crippen LogP contribution in [0, 0.1) is 0 Å². The molecule has 0 radical (unpaired) electrons. The fourth-order valence-corrected chi connectivity index (χ4v) is 3.49.